The van der Waals surface area contributed by atoms with Gasteiger partial charge in [0, 0.05) is 5.69 Å². The molecule has 0 aliphatic carbocycles. The lowest BCUT2D eigenvalue weighted by atomic mass is 9.86. The molecule has 0 saturated carbocycles. The van der Waals surface area contributed by atoms with E-state index in [1.807, 2.05) is 31.2 Å². The molecule has 0 spiro atoms. The van der Waals surface area contributed by atoms with Crippen molar-refractivity contribution in [2.45, 2.75) is 33.1 Å². The molecule has 0 aromatic heterocycles. The Balaban J connectivity index is 2.35. The first kappa shape index (κ1) is 15.2. The summed E-state index contributed by atoms with van der Waals surface area (Å²) in [4.78, 5) is 12.3. The molecule has 2 nitrogen and oxygen atoms in total. The van der Waals surface area contributed by atoms with Crippen LogP contribution in [0.15, 0.2) is 42.5 Å². The topological polar surface area (TPSA) is 29.1 Å². The van der Waals surface area contributed by atoms with E-state index in [-0.39, 0.29) is 11.0 Å². The second kappa shape index (κ2) is 5.68. The minimum absolute atomic E-state index is 0.0683. The number of hydrogen-bond donors (Lipinski definition) is 1. The first-order chi connectivity index (χ1) is 9.79. The summed E-state index contributed by atoms with van der Waals surface area (Å²) in [6.07, 6.45) is 0. The zero-order valence-electron chi connectivity index (χ0n) is 12.8. The summed E-state index contributed by atoms with van der Waals surface area (Å²) < 4.78 is 13.8. The second-order valence-electron chi connectivity index (χ2n) is 6.23. The van der Waals surface area contributed by atoms with Crippen molar-refractivity contribution < 1.29 is 9.18 Å². The molecule has 0 bridgehead atoms. The highest BCUT2D eigenvalue weighted by Crippen LogP contribution is 2.29. The van der Waals surface area contributed by atoms with Gasteiger partial charge in [0.25, 0.3) is 5.91 Å². The molecule has 0 atom stereocenters. The molecule has 0 radical (unpaired) electrons. The van der Waals surface area contributed by atoms with Gasteiger partial charge in [-0.25, -0.2) is 4.39 Å². The largest absolute Gasteiger partial charge is 0.322 e. The van der Waals surface area contributed by atoms with Gasteiger partial charge in [0.15, 0.2) is 0 Å². The summed E-state index contributed by atoms with van der Waals surface area (Å²) in [5.74, 6) is -0.931. The molecule has 2 aromatic carbocycles. The van der Waals surface area contributed by atoms with E-state index in [0.29, 0.717) is 0 Å². The Kier molecular flexibility index (Phi) is 4.12. The average molecular weight is 285 g/mol. The molecule has 0 unspecified atom stereocenters. The molecular weight excluding hydrogens is 265 g/mol. The van der Waals surface area contributed by atoms with Crippen LogP contribution in [-0.2, 0) is 5.41 Å². The number of para-hydroxylation sites is 1. The van der Waals surface area contributed by atoms with Crippen LogP contribution in [0.3, 0.4) is 0 Å². The van der Waals surface area contributed by atoms with E-state index in [2.05, 4.69) is 26.1 Å². The molecule has 2 rings (SSSR count). The molecule has 0 aliphatic heterocycles. The van der Waals surface area contributed by atoms with Crippen molar-refractivity contribution in [3.63, 3.8) is 0 Å². The van der Waals surface area contributed by atoms with Gasteiger partial charge < -0.3 is 5.32 Å². The van der Waals surface area contributed by atoms with Gasteiger partial charge >= 0.3 is 0 Å². The van der Waals surface area contributed by atoms with Gasteiger partial charge in [0.1, 0.15) is 5.82 Å². The highest BCUT2D eigenvalue weighted by molar-refractivity contribution is 6.05. The predicted molar refractivity (Wildman–Crippen MR) is 84.2 cm³/mol. The lowest BCUT2D eigenvalue weighted by molar-refractivity contribution is 0.102. The maximum absolute atomic E-state index is 13.8. The van der Waals surface area contributed by atoms with Crippen LogP contribution in [0.5, 0.6) is 0 Å². The smallest absolute Gasteiger partial charge is 0.258 e. The highest BCUT2D eigenvalue weighted by Gasteiger charge is 2.20. The molecule has 0 heterocycles. The zero-order valence-corrected chi connectivity index (χ0v) is 12.8. The summed E-state index contributed by atoms with van der Waals surface area (Å²) in [6, 6.07) is 12.1. The van der Waals surface area contributed by atoms with Gasteiger partial charge in [-0.05, 0) is 36.1 Å². The van der Waals surface area contributed by atoms with E-state index in [9.17, 15) is 9.18 Å². The maximum Gasteiger partial charge on any atom is 0.258 e. The first-order valence-corrected chi connectivity index (χ1v) is 6.96. The Morgan fingerprint density at radius 1 is 1.10 bits per heavy atom. The molecule has 110 valence electrons. The van der Waals surface area contributed by atoms with E-state index >= 15 is 0 Å². The number of amides is 1. The van der Waals surface area contributed by atoms with Crippen molar-refractivity contribution in [2.24, 2.45) is 0 Å². The van der Waals surface area contributed by atoms with E-state index in [4.69, 9.17) is 0 Å². The molecule has 1 N–H and O–H groups in total. The highest BCUT2D eigenvalue weighted by atomic mass is 19.1. The normalized spacial score (nSPS) is 11.3. The van der Waals surface area contributed by atoms with Crippen LogP contribution in [0, 0.1) is 12.7 Å². The van der Waals surface area contributed by atoms with Crippen LogP contribution in [0.2, 0.25) is 0 Å². The lowest BCUT2D eigenvalue weighted by Crippen LogP contribution is -2.19. The number of halogens is 1. The van der Waals surface area contributed by atoms with Gasteiger partial charge in [-0.2, -0.15) is 0 Å². The van der Waals surface area contributed by atoms with Crippen molar-refractivity contribution in [3.05, 3.63) is 65.0 Å². The quantitative estimate of drug-likeness (QED) is 0.852. The van der Waals surface area contributed by atoms with Crippen LogP contribution >= 0.6 is 0 Å². The van der Waals surface area contributed by atoms with Crippen LogP contribution in [-0.4, -0.2) is 5.91 Å². The monoisotopic (exact) mass is 285 g/mol. The number of hydrogen-bond acceptors (Lipinski definition) is 1. The van der Waals surface area contributed by atoms with Gasteiger partial charge in [-0.15, -0.1) is 0 Å². The van der Waals surface area contributed by atoms with Crippen molar-refractivity contribution in [2.75, 3.05) is 5.32 Å². The average Bonchev–Trinajstić information content (AvgIpc) is 2.41. The molecule has 0 fully saturated rings. The number of rotatable bonds is 2. The van der Waals surface area contributed by atoms with Gasteiger partial charge in [-0.1, -0.05) is 50.6 Å². The SMILES string of the molecule is Cc1ccc(F)c(C(=O)Nc2ccccc2C(C)(C)C)c1. The van der Waals surface area contributed by atoms with E-state index in [1.165, 1.54) is 6.07 Å². The lowest BCUT2D eigenvalue weighted by Gasteiger charge is -2.23. The molecule has 3 heteroatoms. The Labute approximate surface area is 125 Å². The summed E-state index contributed by atoms with van der Waals surface area (Å²) in [6.45, 7) is 8.06. The van der Waals surface area contributed by atoms with Crippen LogP contribution in [0.25, 0.3) is 0 Å². The molecular formula is C18H20FNO. The van der Waals surface area contributed by atoms with Crippen molar-refractivity contribution >= 4 is 11.6 Å². The molecule has 0 aliphatic rings. The number of benzene rings is 2. The van der Waals surface area contributed by atoms with Crippen molar-refractivity contribution in [3.8, 4) is 0 Å². The fraction of sp³-hybridized carbons (Fsp3) is 0.278. The number of anilines is 1. The summed E-state index contributed by atoms with van der Waals surface area (Å²) in [7, 11) is 0. The summed E-state index contributed by atoms with van der Waals surface area (Å²) in [5.41, 5.74) is 2.56. The third-order valence-electron chi connectivity index (χ3n) is 3.35. The van der Waals surface area contributed by atoms with Crippen LogP contribution in [0.1, 0.15) is 42.3 Å². The van der Waals surface area contributed by atoms with Gasteiger partial charge in [-0.3, -0.25) is 4.79 Å². The van der Waals surface area contributed by atoms with E-state index in [0.717, 1.165) is 16.8 Å². The van der Waals surface area contributed by atoms with Gasteiger partial charge in [0.2, 0.25) is 0 Å². The molecule has 2 aromatic rings. The number of carbonyl (C=O) groups is 1. The second-order valence-corrected chi connectivity index (χ2v) is 6.23. The number of nitrogens with one attached hydrogen (secondary N) is 1. The summed E-state index contributed by atoms with van der Waals surface area (Å²) in [5, 5.41) is 2.82. The van der Waals surface area contributed by atoms with Crippen molar-refractivity contribution in [1.82, 2.24) is 0 Å². The minimum Gasteiger partial charge on any atom is -0.322 e. The van der Waals surface area contributed by atoms with Crippen molar-refractivity contribution in [1.29, 1.82) is 0 Å². The third kappa shape index (κ3) is 3.48. The predicted octanol–water partition coefficient (Wildman–Crippen LogP) is 4.68. The molecule has 0 saturated heterocycles. The molecule has 1 amide bonds. The van der Waals surface area contributed by atoms with Crippen LogP contribution < -0.4 is 5.32 Å². The van der Waals surface area contributed by atoms with E-state index in [1.54, 1.807) is 12.1 Å². The Bertz CT molecular complexity index is 671. The molecule has 21 heavy (non-hydrogen) atoms. The zero-order chi connectivity index (χ0) is 15.6. The number of carbonyl (C=O) groups excluding carboxylic acids is 1. The fourth-order valence-electron chi connectivity index (χ4n) is 2.25. The van der Waals surface area contributed by atoms with Gasteiger partial charge in [0.05, 0.1) is 5.56 Å². The first-order valence-electron chi connectivity index (χ1n) is 6.96. The number of aryl methyl sites for hydroxylation is 1. The fourth-order valence-corrected chi connectivity index (χ4v) is 2.25. The Morgan fingerprint density at radius 2 is 1.76 bits per heavy atom. The Hall–Kier alpha value is -2.16. The maximum atomic E-state index is 13.8. The Morgan fingerprint density at radius 3 is 2.43 bits per heavy atom. The summed E-state index contributed by atoms with van der Waals surface area (Å²) >= 11 is 0. The third-order valence-corrected chi connectivity index (χ3v) is 3.35. The standard InChI is InChI=1S/C18H20FNO/c1-12-9-10-15(19)13(11-12)17(21)20-16-8-6-5-7-14(16)18(2,3)4/h5-11H,1-4H3,(H,20,21). The van der Waals surface area contributed by atoms with E-state index < -0.39 is 11.7 Å². The van der Waals surface area contributed by atoms with Crippen LogP contribution in [0.4, 0.5) is 10.1 Å². The minimum atomic E-state index is -0.508.